The molecule has 2 aliphatic rings. The predicted octanol–water partition coefficient (Wildman–Crippen LogP) is 5.18. The maximum absolute atomic E-state index is 11.6. The minimum absolute atomic E-state index is 0.204. The lowest BCUT2D eigenvalue weighted by atomic mass is 9.86. The normalized spacial score (nSPS) is 22.7. The second-order valence-electron chi connectivity index (χ2n) is 10.9. The number of hydrogen-bond acceptors (Lipinski definition) is 5. The summed E-state index contributed by atoms with van der Waals surface area (Å²) in [6.07, 6.45) is 8.36. The zero-order chi connectivity index (χ0) is 24.6. The van der Waals surface area contributed by atoms with Gasteiger partial charge in [0.2, 0.25) is 5.91 Å². The highest BCUT2D eigenvalue weighted by Crippen LogP contribution is 2.50. The number of aromatic nitrogens is 4. The van der Waals surface area contributed by atoms with Gasteiger partial charge in [-0.15, -0.1) is 11.3 Å². The number of primary amides is 1. The summed E-state index contributed by atoms with van der Waals surface area (Å²) in [6, 6.07) is 0.956. The second kappa shape index (κ2) is 8.17. The van der Waals surface area contributed by atoms with E-state index in [1.807, 2.05) is 15.9 Å². The zero-order valence-corrected chi connectivity index (χ0v) is 22.0. The fourth-order valence-corrected chi connectivity index (χ4v) is 8.16. The molecule has 0 aliphatic carbocycles. The predicted molar refractivity (Wildman–Crippen MR) is 141 cm³/mol. The summed E-state index contributed by atoms with van der Waals surface area (Å²) in [4.78, 5) is 25.0. The van der Waals surface area contributed by atoms with Crippen molar-refractivity contribution in [3.8, 4) is 11.3 Å². The van der Waals surface area contributed by atoms with Crippen molar-refractivity contribution < 1.29 is 4.79 Å². The Morgan fingerprint density at radius 2 is 1.89 bits per heavy atom. The molecule has 3 atom stereocenters. The number of carbonyl (C=O) groups excluding carboxylic acids is 1. The first-order chi connectivity index (χ1) is 16.7. The van der Waals surface area contributed by atoms with E-state index in [1.54, 1.807) is 6.33 Å². The Bertz CT molecular complexity index is 1450. The molecule has 3 N–H and O–H groups in total. The quantitative estimate of drug-likeness (QED) is 0.403. The fourth-order valence-electron chi connectivity index (χ4n) is 6.81. The largest absolute Gasteiger partial charge is 0.369 e. The number of fused-ring (bicyclic) bond motifs is 4. The minimum Gasteiger partial charge on any atom is -0.369 e. The topological polar surface area (TPSA) is 92.3 Å². The van der Waals surface area contributed by atoms with Crippen LogP contribution in [0.4, 0.5) is 0 Å². The number of aryl methyl sites for hydroxylation is 2. The lowest BCUT2D eigenvalue weighted by Gasteiger charge is -2.38. The maximum atomic E-state index is 11.6. The van der Waals surface area contributed by atoms with Crippen LogP contribution in [0.1, 0.15) is 78.5 Å². The van der Waals surface area contributed by atoms with Crippen LogP contribution < -0.4 is 5.73 Å². The molecule has 6 rings (SSSR count). The SMILES string of the molecule is Cc1c(-c2[nH]c3sc([C@@H]4C[C@H]5CC[C@@H](C4)N5CC(N)=O)c(C)c3c2C(C)C)cn2ncnc2c1C. The van der Waals surface area contributed by atoms with Crippen molar-refractivity contribution in [1.29, 1.82) is 0 Å². The van der Waals surface area contributed by atoms with Crippen LogP contribution in [0.5, 0.6) is 0 Å². The maximum Gasteiger partial charge on any atom is 0.231 e. The first-order valence-corrected chi connectivity index (χ1v) is 13.5. The highest BCUT2D eigenvalue weighted by molar-refractivity contribution is 7.19. The Labute approximate surface area is 209 Å². The van der Waals surface area contributed by atoms with Crippen LogP contribution in [0.3, 0.4) is 0 Å². The van der Waals surface area contributed by atoms with E-state index >= 15 is 0 Å². The number of hydrogen-bond donors (Lipinski definition) is 2. The van der Waals surface area contributed by atoms with E-state index in [4.69, 9.17) is 5.73 Å². The van der Waals surface area contributed by atoms with Crippen molar-refractivity contribution in [2.24, 2.45) is 5.73 Å². The molecule has 7 nitrogen and oxygen atoms in total. The van der Waals surface area contributed by atoms with E-state index < -0.39 is 0 Å². The number of thiophene rings is 1. The summed E-state index contributed by atoms with van der Waals surface area (Å²) in [5.41, 5.74) is 14.1. The Morgan fingerprint density at radius 3 is 2.54 bits per heavy atom. The number of nitrogens with one attached hydrogen (secondary N) is 1. The Hall–Kier alpha value is -2.71. The van der Waals surface area contributed by atoms with Gasteiger partial charge in [0.1, 0.15) is 11.2 Å². The lowest BCUT2D eigenvalue weighted by Crippen LogP contribution is -2.46. The molecule has 2 saturated heterocycles. The van der Waals surface area contributed by atoms with Gasteiger partial charge in [-0.05, 0) is 80.5 Å². The van der Waals surface area contributed by atoms with E-state index in [0.29, 0.717) is 30.5 Å². The number of pyridine rings is 1. The van der Waals surface area contributed by atoms with Crippen molar-refractivity contribution in [2.45, 2.75) is 84.2 Å². The molecule has 2 aliphatic heterocycles. The molecule has 8 heteroatoms. The van der Waals surface area contributed by atoms with E-state index in [1.165, 1.54) is 61.4 Å². The van der Waals surface area contributed by atoms with Crippen LogP contribution in [0.25, 0.3) is 27.1 Å². The molecule has 1 amide bonds. The van der Waals surface area contributed by atoms with E-state index in [0.717, 1.165) is 18.5 Å². The van der Waals surface area contributed by atoms with Gasteiger partial charge in [-0.1, -0.05) is 13.8 Å². The molecule has 0 spiro atoms. The standard InChI is InChI=1S/C27H34N6OS/c1-13(2)22-23-16(5)25(17-8-18-6-7-19(9-17)32(18)11-21(28)34)35-27(23)31-24(22)20-10-33-26(29-12-30-33)15(4)14(20)3/h10,12-13,17-19,31H,6-9,11H2,1-5H3,(H2,28,34)/t17-,18-,19+. The molecular formula is C27H34N6OS. The van der Waals surface area contributed by atoms with Crippen LogP contribution in [0.15, 0.2) is 12.5 Å². The second-order valence-corrected chi connectivity index (χ2v) is 11.9. The van der Waals surface area contributed by atoms with Gasteiger partial charge in [0.05, 0.1) is 12.2 Å². The van der Waals surface area contributed by atoms with Gasteiger partial charge in [0, 0.05) is 34.1 Å². The monoisotopic (exact) mass is 490 g/mol. The average molecular weight is 491 g/mol. The van der Waals surface area contributed by atoms with Gasteiger partial charge >= 0.3 is 0 Å². The van der Waals surface area contributed by atoms with Crippen LogP contribution >= 0.6 is 11.3 Å². The molecule has 4 aromatic rings. The number of nitrogens with two attached hydrogens (primary N) is 1. The summed E-state index contributed by atoms with van der Waals surface area (Å²) >= 11 is 1.94. The summed E-state index contributed by atoms with van der Waals surface area (Å²) in [5, 5.41) is 5.82. The number of rotatable bonds is 5. The van der Waals surface area contributed by atoms with Crippen LogP contribution in [-0.2, 0) is 4.79 Å². The van der Waals surface area contributed by atoms with Crippen molar-refractivity contribution in [3.63, 3.8) is 0 Å². The number of amides is 1. The average Bonchev–Trinajstić information content (AvgIpc) is 3.53. The number of carbonyl (C=O) groups is 1. The zero-order valence-electron chi connectivity index (χ0n) is 21.2. The first kappa shape index (κ1) is 22.7. The summed E-state index contributed by atoms with van der Waals surface area (Å²) in [5.74, 6) is 0.741. The third-order valence-electron chi connectivity index (χ3n) is 8.53. The van der Waals surface area contributed by atoms with Gasteiger partial charge in [0.15, 0.2) is 5.65 Å². The number of H-pyrrole nitrogens is 1. The smallest absolute Gasteiger partial charge is 0.231 e. The third-order valence-corrected chi connectivity index (χ3v) is 9.90. The summed E-state index contributed by atoms with van der Waals surface area (Å²) in [7, 11) is 0. The minimum atomic E-state index is -0.204. The summed E-state index contributed by atoms with van der Waals surface area (Å²) < 4.78 is 1.89. The van der Waals surface area contributed by atoms with Gasteiger partial charge in [-0.3, -0.25) is 9.69 Å². The lowest BCUT2D eigenvalue weighted by molar-refractivity contribution is -0.120. The Kier molecular flexibility index (Phi) is 5.30. The molecule has 2 fully saturated rings. The van der Waals surface area contributed by atoms with Gasteiger partial charge in [-0.2, -0.15) is 5.10 Å². The van der Waals surface area contributed by atoms with Gasteiger partial charge < -0.3 is 10.7 Å². The Balaban J connectivity index is 1.43. The molecule has 0 saturated carbocycles. The molecule has 4 aromatic heterocycles. The van der Waals surface area contributed by atoms with E-state index in [2.05, 4.69) is 60.8 Å². The van der Waals surface area contributed by atoms with Gasteiger partial charge in [-0.25, -0.2) is 9.50 Å². The Morgan fingerprint density at radius 1 is 1.17 bits per heavy atom. The molecular weight excluding hydrogens is 456 g/mol. The number of aromatic amines is 1. The number of nitrogens with zero attached hydrogens (tertiary/aromatic N) is 4. The van der Waals surface area contributed by atoms with Crippen molar-refractivity contribution in [2.75, 3.05) is 6.54 Å². The molecule has 6 heterocycles. The molecule has 0 radical (unpaired) electrons. The van der Waals surface area contributed by atoms with Crippen LogP contribution in [0, 0.1) is 20.8 Å². The summed E-state index contributed by atoms with van der Waals surface area (Å²) in [6.45, 7) is 11.6. The van der Waals surface area contributed by atoms with Crippen molar-refractivity contribution in [3.05, 3.63) is 39.7 Å². The van der Waals surface area contributed by atoms with E-state index in [-0.39, 0.29) is 5.91 Å². The molecule has 35 heavy (non-hydrogen) atoms. The highest BCUT2D eigenvalue weighted by Gasteiger charge is 2.42. The van der Waals surface area contributed by atoms with E-state index in [9.17, 15) is 4.79 Å². The molecule has 184 valence electrons. The van der Waals surface area contributed by atoms with Crippen LogP contribution in [0.2, 0.25) is 0 Å². The molecule has 0 aromatic carbocycles. The third kappa shape index (κ3) is 3.44. The van der Waals surface area contributed by atoms with Crippen LogP contribution in [-0.4, -0.2) is 49.0 Å². The first-order valence-electron chi connectivity index (χ1n) is 12.7. The molecule has 2 bridgehead atoms. The molecule has 0 unspecified atom stereocenters. The van der Waals surface area contributed by atoms with Crippen molar-refractivity contribution >= 4 is 33.1 Å². The number of piperidine rings is 1. The van der Waals surface area contributed by atoms with Gasteiger partial charge in [0.25, 0.3) is 0 Å². The van der Waals surface area contributed by atoms with Crippen molar-refractivity contribution in [1.82, 2.24) is 24.5 Å². The fraction of sp³-hybridized carbons (Fsp3) is 0.519. The highest BCUT2D eigenvalue weighted by atomic mass is 32.1.